The molecule has 2 heteroatoms. The van der Waals surface area contributed by atoms with Gasteiger partial charge in [0.15, 0.2) is 0 Å². The van der Waals surface area contributed by atoms with Crippen molar-refractivity contribution in [1.82, 2.24) is 0 Å². The quantitative estimate of drug-likeness (QED) is 0.521. The standard InChI is InChI=1S/C5H7O.U/c1-5(2)3-4-6;/h3H,1-2H3;/q-1;. The van der Waals surface area contributed by atoms with Crippen LogP contribution in [0.1, 0.15) is 13.8 Å². The van der Waals surface area contributed by atoms with Gasteiger partial charge in [-0.2, -0.15) is 6.08 Å². The minimum absolute atomic E-state index is 0. The molecule has 0 N–H and O–H groups in total. The summed E-state index contributed by atoms with van der Waals surface area (Å²) < 4.78 is 0. The van der Waals surface area contributed by atoms with Crippen LogP contribution in [0.3, 0.4) is 0 Å². The van der Waals surface area contributed by atoms with Crippen molar-refractivity contribution in [3.63, 3.8) is 0 Å². The number of hydrogen-bond donors (Lipinski definition) is 0. The van der Waals surface area contributed by atoms with Gasteiger partial charge in [-0.3, -0.25) is 0 Å². The molecule has 0 aromatic heterocycles. The van der Waals surface area contributed by atoms with Gasteiger partial charge in [0.05, 0.1) is 0 Å². The van der Waals surface area contributed by atoms with Crippen LogP contribution >= 0.6 is 0 Å². The molecule has 0 aliphatic rings. The van der Waals surface area contributed by atoms with E-state index in [0.29, 0.717) is 0 Å². The van der Waals surface area contributed by atoms with E-state index in [4.69, 9.17) is 0 Å². The molecule has 0 saturated heterocycles. The third-order valence-corrected chi connectivity index (χ3v) is 0.348. The molecule has 0 bridgehead atoms. The molecule has 38 valence electrons. The summed E-state index contributed by atoms with van der Waals surface area (Å²) in [5, 5.41) is 0. The van der Waals surface area contributed by atoms with E-state index in [1.165, 1.54) is 6.08 Å². The monoisotopic (exact) mass is 321 g/mol. The van der Waals surface area contributed by atoms with Crippen LogP contribution in [-0.4, -0.2) is 6.29 Å². The van der Waals surface area contributed by atoms with Gasteiger partial charge in [-0.1, -0.05) is 0 Å². The van der Waals surface area contributed by atoms with E-state index in [1.54, 1.807) is 6.29 Å². The second-order valence-corrected chi connectivity index (χ2v) is 1.34. The predicted octanol–water partition coefficient (Wildman–Crippen LogP) is 1.06. The maximum atomic E-state index is 9.41. The molecular weight excluding hydrogens is 314 g/mol. The van der Waals surface area contributed by atoms with Crippen molar-refractivity contribution in [2.24, 2.45) is 0 Å². The normalized spacial score (nSPS) is 6.00. The van der Waals surface area contributed by atoms with Gasteiger partial charge >= 0.3 is 0 Å². The molecule has 0 amide bonds. The zero-order chi connectivity index (χ0) is 4.99. The number of allylic oxidation sites excluding steroid dienone is 2. The summed E-state index contributed by atoms with van der Waals surface area (Å²) in [7, 11) is 0. The second-order valence-electron chi connectivity index (χ2n) is 1.34. The molecule has 0 aliphatic heterocycles. The van der Waals surface area contributed by atoms with Crippen LogP contribution in [0, 0.1) is 31.1 Å². The van der Waals surface area contributed by atoms with Crippen molar-refractivity contribution >= 4 is 6.29 Å². The van der Waals surface area contributed by atoms with Gasteiger partial charge in [-0.25, -0.2) is 5.57 Å². The molecule has 0 spiro atoms. The molecule has 0 aromatic rings. The summed E-state index contributed by atoms with van der Waals surface area (Å²) in [5.74, 6) is 0. The predicted molar refractivity (Wildman–Crippen MR) is 25.1 cm³/mol. The molecule has 0 radical (unpaired) electrons. The van der Waals surface area contributed by atoms with Gasteiger partial charge in [0.1, 0.15) is 0 Å². The molecular formula is C5H7OU-. The van der Waals surface area contributed by atoms with Gasteiger partial charge < -0.3 is 4.79 Å². The van der Waals surface area contributed by atoms with E-state index in [9.17, 15) is 4.79 Å². The first-order valence-corrected chi connectivity index (χ1v) is 1.78. The fraction of sp³-hybridized carbons (Fsp3) is 0.400. The topological polar surface area (TPSA) is 17.1 Å². The molecule has 0 aromatic carbocycles. The second kappa shape index (κ2) is 6.46. The minimum atomic E-state index is 0. The van der Waals surface area contributed by atoms with Gasteiger partial charge in [-0.15, -0.1) is 13.8 Å². The van der Waals surface area contributed by atoms with E-state index < -0.39 is 0 Å². The summed E-state index contributed by atoms with van der Waals surface area (Å²) in [5.41, 5.74) is 0.991. The van der Waals surface area contributed by atoms with Gasteiger partial charge in [0.25, 0.3) is 0 Å². The smallest absolute Gasteiger partial charge is 0 e. The van der Waals surface area contributed by atoms with Crippen molar-refractivity contribution in [2.75, 3.05) is 0 Å². The van der Waals surface area contributed by atoms with E-state index in [0.717, 1.165) is 5.57 Å². The first-order valence-electron chi connectivity index (χ1n) is 1.78. The van der Waals surface area contributed by atoms with Crippen LogP contribution in [0.4, 0.5) is 0 Å². The molecule has 0 unspecified atom stereocenters. The molecule has 7 heavy (non-hydrogen) atoms. The average molecular weight is 321 g/mol. The fourth-order valence-corrected chi connectivity index (χ4v) is 0.118. The zero-order valence-electron chi connectivity index (χ0n) is 4.49. The third kappa shape index (κ3) is 10.7. The van der Waals surface area contributed by atoms with Crippen molar-refractivity contribution in [1.29, 1.82) is 0 Å². The Balaban J connectivity index is 0. The maximum Gasteiger partial charge on any atom is 0 e. The Morgan fingerprint density at radius 2 is 2.00 bits per heavy atom. The van der Waals surface area contributed by atoms with Gasteiger partial charge in [-0.05, 0) is 6.29 Å². The molecule has 0 heterocycles. The summed E-state index contributed by atoms with van der Waals surface area (Å²) in [6.45, 7) is 3.70. The first-order chi connectivity index (χ1) is 2.77. The molecule has 0 atom stereocenters. The summed E-state index contributed by atoms with van der Waals surface area (Å²) in [6.07, 6.45) is 3.06. The molecule has 0 aliphatic carbocycles. The maximum absolute atomic E-state index is 9.41. The van der Waals surface area contributed by atoms with E-state index in [2.05, 4.69) is 0 Å². The molecule has 0 fully saturated rings. The largest absolute Gasteiger partial charge is 0.419 e. The summed E-state index contributed by atoms with van der Waals surface area (Å²) in [6, 6.07) is 0. The summed E-state index contributed by atoms with van der Waals surface area (Å²) in [4.78, 5) is 9.41. The van der Waals surface area contributed by atoms with Crippen molar-refractivity contribution in [3.8, 4) is 0 Å². The van der Waals surface area contributed by atoms with Crippen LogP contribution in [0.15, 0.2) is 11.6 Å². The Labute approximate surface area is 67.6 Å². The molecule has 0 saturated carbocycles. The Morgan fingerprint density at radius 1 is 1.57 bits per heavy atom. The Morgan fingerprint density at radius 3 is 2.00 bits per heavy atom. The number of rotatable bonds is 1. The molecule has 0 rings (SSSR count). The van der Waals surface area contributed by atoms with E-state index in [-0.39, 0.29) is 31.1 Å². The Kier molecular flexibility index (Phi) is 9.64. The first kappa shape index (κ1) is 10.4. The summed E-state index contributed by atoms with van der Waals surface area (Å²) >= 11 is 0. The SMILES string of the molecule is CC(C)=C[C-]=O.[U]. The number of carbonyl (C=O) groups excluding carboxylic acids is 1. The van der Waals surface area contributed by atoms with E-state index in [1.807, 2.05) is 13.8 Å². The Bertz CT molecular complexity index is 72.1. The number of hydrogen-bond acceptors (Lipinski definition) is 1. The van der Waals surface area contributed by atoms with E-state index >= 15 is 0 Å². The minimum Gasteiger partial charge on any atom is -0.419 e. The van der Waals surface area contributed by atoms with Crippen molar-refractivity contribution in [2.45, 2.75) is 13.8 Å². The molecule has 1 nitrogen and oxygen atoms in total. The van der Waals surface area contributed by atoms with Crippen LogP contribution < -0.4 is 0 Å². The average Bonchev–Trinajstić information content (AvgIpc) is 1.35. The Hall–Kier alpha value is 0.462. The van der Waals surface area contributed by atoms with Crippen LogP contribution in [0.5, 0.6) is 0 Å². The van der Waals surface area contributed by atoms with Crippen molar-refractivity contribution < 1.29 is 35.9 Å². The van der Waals surface area contributed by atoms with Gasteiger partial charge in [0.2, 0.25) is 0 Å². The zero-order valence-corrected chi connectivity index (χ0v) is 8.65. The van der Waals surface area contributed by atoms with Crippen molar-refractivity contribution in [3.05, 3.63) is 11.6 Å². The van der Waals surface area contributed by atoms with Gasteiger partial charge in [0, 0.05) is 31.1 Å². The van der Waals surface area contributed by atoms with Crippen LogP contribution in [0.25, 0.3) is 0 Å². The fourth-order valence-electron chi connectivity index (χ4n) is 0.118. The van der Waals surface area contributed by atoms with Crippen LogP contribution in [0.2, 0.25) is 0 Å². The third-order valence-electron chi connectivity index (χ3n) is 0.348. The van der Waals surface area contributed by atoms with Crippen LogP contribution in [-0.2, 0) is 4.79 Å².